The van der Waals surface area contributed by atoms with E-state index in [1.54, 1.807) is 0 Å². The first kappa shape index (κ1) is 29.3. The summed E-state index contributed by atoms with van der Waals surface area (Å²) >= 11 is 0. The van der Waals surface area contributed by atoms with E-state index in [0.717, 1.165) is 29.2 Å². The van der Waals surface area contributed by atoms with Gasteiger partial charge in [-0.05, 0) is 60.3 Å². The van der Waals surface area contributed by atoms with Crippen LogP contribution in [0.3, 0.4) is 0 Å². The van der Waals surface area contributed by atoms with E-state index in [1.807, 2.05) is 12.3 Å². The third-order valence-electron chi connectivity index (χ3n) is 8.94. The van der Waals surface area contributed by atoms with Crippen LogP contribution in [-0.2, 0) is 21.1 Å². The summed E-state index contributed by atoms with van der Waals surface area (Å²) in [4.78, 5) is 9.53. The van der Waals surface area contributed by atoms with Gasteiger partial charge in [0, 0.05) is 17.4 Å². The van der Waals surface area contributed by atoms with Crippen LogP contribution in [-0.4, -0.2) is 24.3 Å². The molecular formula is C39H32N4PtSi. The number of pyridine rings is 1. The number of aromatic nitrogens is 2. The van der Waals surface area contributed by atoms with E-state index in [-0.39, 0.29) is 21.1 Å². The van der Waals surface area contributed by atoms with E-state index in [0.29, 0.717) is 0 Å². The van der Waals surface area contributed by atoms with Crippen molar-refractivity contribution in [3.63, 3.8) is 0 Å². The summed E-state index contributed by atoms with van der Waals surface area (Å²) in [5.41, 5.74) is 8.11. The Kier molecular flexibility index (Phi) is 7.47. The van der Waals surface area contributed by atoms with E-state index in [9.17, 15) is 0 Å². The minimum atomic E-state index is -2.20. The van der Waals surface area contributed by atoms with Crippen LogP contribution in [0.25, 0.3) is 27.6 Å². The molecule has 0 atom stereocenters. The quantitative estimate of drug-likeness (QED) is 0.130. The van der Waals surface area contributed by atoms with Crippen molar-refractivity contribution in [2.75, 3.05) is 16.5 Å². The van der Waals surface area contributed by atoms with Gasteiger partial charge in [0.15, 0.2) is 0 Å². The number of hydrogen-bond acceptors (Lipinski definition) is 3. The number of rotatable bonds is 5. The molecule has 5 aromatic carbocycles. The van der Waals surface area contributed by atoms with E-state index in [2.05, 4.69) is 162 Å². The first-order valence-electron chi connectivity index (χ1n) is 15.1. The molecule has 0 fully saturated rings. The minimum Gasteiger partial charge on any atom is -0.345 e. The maximum Gasteiger partial charge on any atom is 2.00 e. The monoisotopic (exact) mass is 779 g/mol. The third-order valence-corrected chi connectivity index (χ3v) is 12.2. The molecule has 222 valence electrons. The number of hydrogen-bond donors (Lipinski definition) is 0. The average Bonchev–Trinajstić information content (AvgIpc) is 3.61. The number of anilines is 4. The van der Waals surface area contributed by atoms with Crippen LogP contribution < -0.4 is 20.2 Å². The SMILES string of the molecule is Cc1ccnc(-n2c3[c-]c([Si](C)(C)c4[c-]c(N5CN(c6ccccc6)c6ccccc65)ccc4)ccc3c3ccccc32)c1.[Pt+2]. The van der Waals surface area contributed by atoms with Crippen molar-refractivity contribution >= 4 is 63.0 Å². The standard InChI is InChI=1S/C39H32N4Si.Pt/c1-28-22-23-40-39(24-28)43-35-17-8-7-16-33(35)34-21-20-32(26-38(34)43)44(2,3)31-15-11-14-30(25-31)42-27-41(29-12-5-4-6-13-29)36-18-9-10-19-37(36)42;/h4-24H,27H2,1-3H3;/q-2;+2. The van der Waals surface area contributed by atoms with Crippen molar-refractivity contribution in [2.45, 2.75) is 20.0 Å². The fraction of sp³-hybridized carbons (Fsp3) is 0.103. The van der Waals surface area contributed by atoms with Crippen molar-refractivity contribution in [2.24, 2.45) is 0 Å². The molecule has 0 saturated carbocycles. The number of para-hydroxylation sites is 4. The first-order valence-corrected chi connectivity index (χ1v) is 18.1. The molecule has 8 rings (SSSR count). The summed E-state index contributed by atoms with van der Waals surface area (Å²) < 4.78 is 2.27. The van der Waals surface area contributed by atoms with Crippen LogP contribution in [0.5, 0.6) is 0 Å². The molecule has 0 bridgehead atoms. The van der Waals surface area contributed by atoms with Gasteiger partial charge in [0.1, 0.15) is 5.82 Å². The zero-order valence-corrected chi connectivity index (χ0v) is 28.7. The molecule has 7 aromatic rings. The molecule has 4 nitrogen and oxygen atoms in total. The zero-order chi connectivity index (χ0) is 29.8. The van der Waals surface area contributed by atoms with Crippen molar-refractivity contribution in [1.82, 2.24) is 9.55 Å². The largest absolute Gasteiger partial charge is 2.00 e. The molecule has 0 radical (unpaired) electrons. The fourth-order valence-corrected chi connectivity index (χ4v) is 8.69. The van der Waals surface area contributed by atoms with Gasteiger partial charge in [0.05, 0.1) is 26.1 Å². The number of benzene rings is 5. The Bertz CT molecular complexity index is 2170. The summed E-state index contributed by atoms with van der Waals surface area (Å²) in [5, 5.41) is 4.93. The molecule has 0 N–H and O–H groups in total. The van der Waals surface area contributed by atoms with Gasteiger partial charge >= 0.3 is 21.1 Å². The average molecular weight is 780 g/mol. The van der Waals surface area contributed by atoms with Gasteiger partial charge in [-0.15, -0.1) is 11.5 Å². The van der Waals surface area contributed by atoms with Gasteiger partial charge in [-0.25, -0.2) is 4.98 Å². The molecule has 0 amide bonds. The Hall–Kier alpha value is -4.44. The zero-order valence-electron chi connectivity index (χ0n) is 25.4. The molecule has 3 heterocycles. The maximum absolute atomic E-state index is 4.77. The Morgan fingerprint density at radius 3 is 2.18 bits per heavy atom. The number of nitrogens with zero attached hydrogens (tertiary/aromatic N) is 4. The second-order valence-corrected chi connectivity index (χ2v) is 16.4. The number of aryl methyl sites for hydroxylation is 1. The summed E-state index contributed by atoms with van der Waals surface area (Å²) in [7, 11) is -2.20. The van der Waals surface area contributed by atoms with Gasteiger partial charge < -0.3 is 14.4 Å². The van der Waals surface area contributed by atoms with Crippen LogP contribution in [0.1, 0.15) is 5.56 Å². The molecule has 0 spiro atoms. The van der Waals surface area contributed by atoms with Gasteiger partial charge in [-0.3, -0.25) is 0 Å². The van der Waals surface area contributed by atoms with Crippen molar-refractivity contribution in [1.29, 1.82) is 0 Å². The maximum atomic E-state index is 4.77. The molecule has 0 saturated heterocycles. The molecular weight excluding hydrogens is 748 g/mol. The topological polar surface area (TPSA) is 24.3 Å². The van der Waals surface area contributed by atoms with Gasteiger partial charge in [-0.1, -0.05) is 72.8 Å². The summed E-state index contributed by atoms with van der Waals surface area (Å²) in [6.07, 6.45) is 1.89. The normalized spacial score (nSPS) is 12.9. The molecule has 45 heavy (non-hydrogen) atoms. The Morgan fingerprint density at radius 2 is 1.38 bits per heavy atom. The Morgan fingerprint density at radius 1 is 0.667 bits per heavy atom. The van der Waals surface area contributed by atoms with Crippen LogP contribution in [0.4, 0.5) is 22.7 Å². The van der Waals surface area contributed by atoms with E-state index in [4.69, 9.17) is 4.98 Å². The third kappa shape index (κ3) is 4.91. The van der Waals surface area contributed by atoms with Crippen molar-refractivity contribution in [3.8, 4) is 5.82 Å². The van der Waals surface area contributed by atoms with Crippen LogP contribution in [0.2, 0.25) is 13.1 Å². The molecule has 1 aliphatic heterocycles. The second kappa shape index (κ2) is 11.5. The Labute approximate surface area is 279 Å². The molecule has 0 aliphatic carbocycles. The number of fused-ring (bicyclic) bond motifs is 4. The fourth-order valence-electron chi connectivity index (χ4n) is 6.51. The second-order valence-electron chi connectivity index (χ2n) is 12.1. The Balaban J connectivity index is 0.00000325. The van der Waals surface area contributed by atoms with E-state index >= 15 is 0 Å². The smallest absolute Gasteiger partial charge is 0.345 e. The summed E-state index contributed by atoms with van der Waals surface area (Å²) in [6.45, 7) is 7.68. The van der Waals surface area contributed by atoms with E-state index in [1.165, 1.54) is 43.8 Å². The van der Waals surface area contributed by atoms with Crippen LogP contribution >= 0.6 is 0 Å². The van der Waals surface area contributed by atoms with E-state index < -0.39 is 8.07 Å². The minimum absolute atomic E-state index is 0. The summed E-state index contributed by atoms with van der Waals surface area (Å²) in [6, 6.07) is 51.1. The first-order chi connectivity index (χ1) is 21.5. The van der Waals surface area contributed by atoms with Crippen LogP contribution in [0, 0.1) is 19.1 Å². The summed E-state index contributed by atoms with van der Waals surface area (Å²) in [5.74, 6) is 0.924. The van der Waals surface area contributed by atoms with Gasteiger partial charge in [-0.2, -0.15) is 46.8 Å². The van der Waals surface area contributed by atoms with Crippen molar-refractivity contribution < 1.29 is 21.1 Å². The molecule has 2 aromatic heterocycles. The molecule has 1 aliphatic rings. The predicted octanol–water partition coefficient (Wildman–Crippen LogP) is 8.15. The molecule has 0 unspecified atom stereocenters. The predicted molar refractivity (Wildman–Crippen MR) is 186 cm³/mol. The van der Waals surface area contributed by atoms with Crippen LogP contribution in [0.15, 0.2) is 128 Å². The van der Waals surface area contributed by atoms with Gasteiger partial charge in [0.2, 0.25) is 0 Å². The van der Waals surface area contributed by atoms with Crippen molar-refractivity contribution in [3.05, 3.63) is 145 Å². The van der Waals surface area contributed by atoms with Gasteiger partial charge in [0.25, 0.3) is 0 Å². The molecule has 6 heteroatoms.